The molecule has 0 rings (SSSR count). The van der Waals surface area contributed by atoms with Crippen LogP contribution in [-0.2, 0) is 9.47 Å². The summed E-state index contributed by atoms with van der Waals surface area (Å²) in [4.78, 5) is 0.224. The van der Waals surface area contributed by atoms with Crippen molar-refractivity contribution >= 4 is 31.9 Å². The molecule has 0 aromatic rings. The zero-order chi connectivity index (χ0) is 8.69. The van der Waals surface area contributed by atoms with E-state index in [2.05, 4.69) is 31.9 Å². The molecule has 0 aromatic carbocycles. The van der Waals surface area contributed by atoms with Gasteiger partial charge in [0.2, 0.25) is 0 Å². The minimum Gasteiger partial charge on any atom is -0.352 e. The van der Waals surface area contributed by atoms with Gasteiger partial charge in [0.15, 0.2) is 6.29 Å². The van der Waals surface area contributed by atoms with Crippen LogP contribution in [0.3, 0.4) is 0 Å². The van der Waals surface area contributed by atoms with Crippen LogP contribution in [0.25, 0.3) is 0 Å². The zero-order valence-corrected chi connectivity index (χ0v) is 10.0. The summed E-state index contributed by atoms with van der Waals surface area (Å²) in [6, 6.07) is 0. The van der Waals surface area contributed by atoms with E-state index in [1.807, 2.05) is 13.8 Å². The zero-order valence-electron chi connectivity index (χ0n) is 6.85. The Morgan fingerprint density at radius 3 is 1.91 bits per heavy atom. The van der Waals surface area contributed by atoms with Gasteiger partial charge in [-0.25, -0.2) is 0 Å². The Kier molecular flexibility index (Phi) is 8.13. The molecule has 0 heterocycles. The normalized spacial score (nSPS) is 13.9. The van der Waals surface area contributed by atoms with Gasteiger partial charge in [-0.1, -0.05) is 31.9 Å². The molecule has 0 aliphatic heterocycles. The molecular weight excluding hydrogens is 276 g/mol. The van der Waals surface area contributed by atoms with Crippen molar-refractivity contribution in [3.05, 3.63) is 0 Å². The first-order chi connectivity index (χ1) is 5.26. The van der Waals surface area contributed by atoms with Crippen molar-refractivity contribution in [3.63, 3.8) is 0 Å². The topological polar surface area (TPSA) is 18.5 Å². The van der Waals surface area contributed by atoms with Crippen molar-refractivity contribution in [1.29, 1.82) is 0 Å². The van der Waals surface area contributed by atoms with Crippen LogP contribution in [0, 0.1) is 0 Å². The average molecular weight is 290 g/mol. The summed E-state index contributed by atoms with van der Waals surface area (Å²) in [7, 11) is 0. The van der Waals surface area contributed by atoms with Gasteiger partial charge in [0.05, 0.1) is 4.83 Å². The van der Waals surface area contributed by atoms with Crippen LogP contribution in [-0.4, -0.2) is 29.7 Å². The number of rotatable bonds is 6. The van der Waals surface area contributed by atoms with E-state index in [0.717, 1.165) is 5.33 Å². The fraction of sp³-hybridized carbons (Fsp3) is 1.00. The van der Waals surface area contributed by atoms with Gasteiger partial charge >= 0.3 is 0 Å². The summed E-state index contributed by atoms with van der Waals surface area (Å²) in [5.41, 5.74) is 0. The highest BCUT2D eigenvalue weighted by Gasteiger charge is 2.17. The quantitative estimate of drug-likeness (QED) is 0.553. The summed E-state index contributed by atoms with van der Waals surface area (Å²) < 4.78 is 10.7. The van der Waals surface area contributed by atoms with Crippen LogP contribution in [0.4, 0.5) is 0 Å². The molecule has 0 fully saturated rings. The van der Waals surface area contributed by atoms with Crippen LogP contribution < -0.4 is 0 Å². The molecule has 11 heavy (non-hydrogen) atoms. The Hall–Kier alpha value is 0.880. The van der Waals surface area contributed by atoms with E-state index in [1.54, 1.807) is 0 Å². The maximum Gasteiger partial charge on any atom is 0.170 e. The first kappa shape index (κ1) is 11.9. The molecule has 0 aliphatic carbocycles. The smallest absolute Gasteiger partial charge is 0.170 e. The first-order valence-electron chi connectivity index (χ1n) is 3.69. The molecule has 0 saturated heterocycles. The lowest BCUT2D eigenvalue weighted by Gasteiger charge is -2.20. The summed E-state index contributed by atoms with van der Waals surface area (Å²) in [5, 5.41) is 0.831. The standard InChI is InChI=1S/C7H14Br2O2/c1-3-10-7(11-4-2)6(9)5-8/h6-7H,3-5H2,1-2H3/t6-/m0/s1. The number of alkyl halides is 2. The molecule has 0 unspecified atom stereocenters. The minimum absolute atomic E-state index is 0.135. The lowest BCUT2D eigenvalue weighted by Crippen LogP contribution is -2.28. The Bertz CT molecular complexity index is 84.5. The molecule has 0 aliphatic rings. The Morgan fingerprint density at radius 2 is 1.64 bits per heavy atom. The summed E-state index contributed by atoms with van der Waals surface area (Å²) in [5.74, 6) is 0. The molecule has 1 atom stereocenters. The molecule has 0 bridgehead atoms. The van der Waals surface area contributed by atoms with E-state index < -0.39 is 0 Å². The molecule has 0 aromatic heterocycles. The van der Waals surface area contributed by atoms with E-state index in [9.17, 15) is 0 Å². The fourth-order valence-corrected chi connectivity index (χ4v) is 1.27. The highest BCUT2D eigenvalue weighted by Crippen LogP contribution is 2.13. The first-order valence-corrected chi connectivity index (χ1v) is 5.73. The maximum atomic E-state index is 5.34. The second-order valence-corrected chi connectivity index (χ2v) is 3.77. The monoisotopic (exact) mass is 288 g/mol. The van der Waals surface area contributed by atoms with E-state index in [4.69, 9.17) is 9.47 Å². The van der Waals surface area contributed by atoms with E-state index in [-0.39, 0.29) is 11.1 Å². The summed E-state index contributed by atoms with van der Waals surface area (Å²) in [6.45, 7) is 5.28. The fourth-order valence-electron chi connectivity index (χ4n) is 0.658. The van der Waals surface area contributed by atoms with E-state index in [0.29, 0.717) is 13.2 Å². The van der Waals surface area contributed by atoms with Gasteiger partial charge in [-0.2, -0.15) is 0 Å². The van der Waals surface area contributed by atoms with Crippen molar-refractivity contribution in [2.75, 3.05) is 18.5 Å². The number of halogens is 2. The second-order valence-electron chi connectivity index (χ2n) is 1.95. The van der Waals surface area contributed by atoms with Gasteiger partial charge < -0.3 is 9.47 Å². The molecule has 0 spiro atoms. The largest absolute Gasteiger partial charge is 0.352 e. The molecule has 2 nitrogen and oxygen atoms in total. The van der Waals surface area contributed by atoms with Crippen LogP contribution in [0.15, 0.2) is 0 Å². The predicted octanol–water partition coefficient (Wildman–Crippen LogP) is 2.54. The van der Waals surface area contributed by atoms with Gasteiger partial charge in [-0.3, -0.25) is 0 Å². The van der Waals surface area contributed by atoms with Gasteiger partial charge in [0.25, 0.3) is 0 Å². The van der Waals surface area contributed by atoms with Gasteiger partial charge in [-0.05, 0) is 13.8 Å². The summed E-state index contributed by atoms with van der Waals surface area (Å²) in [6.07, 6.45) is -0.135. The number of hydrogen-bond acceptors (Lipinski definition) is 2. The SMILES string of the molecule is CCOC(OCC)[C@@H](Br)CBr. The Morgan fingerprint density at radius 1 is 1.18 bits per heavy atom. The Labute approximate surface area is 84.9 Å². The van der Waals surface area contributed by atoms with Gasteiger partial charge in [0, 0.05) is 18.5 Å². The second kappa shape index (κ2) is 7.53. The number of ether oxygens (including phenoxy) is 2. The van der Waals surface area contributed by atoms with E-state index >= 15 is 0 Å². The minimum atomic E-state index is -0.135. The third-order valence-electron chi connectivity index (χ3n) is 1.10. The summed E-state index contributed by atoms with van der Waals surface area (Å²) >= 11 is 6.80. The third-order valence-corrected chi connectivity index (χ3v) is 3.43. The highest BCUT2D eigenvalue weighted by molar-refractivity contribution is 9.12. The number of hydrogen-bond donors (Lipinski definition) is 0. The van der Waals surface area contributed by atoms with Gasteiger partial charge in [0.1, 0.15) is 0 Å². The molecule has 0 amide bonds. The molecule has 0 radical (unpaired) electrons. The molecular formula is C7H14Br2O2. The lowest BCUT2D eigenvalue weighted by molar-refractivity contribution is -0.131. The van der Waals surface area contributed by atoms with Crippen LogP contribution in [0.1, 0.15) is 13.8 Å². The van der Waals surface area contributed by atoms with Crippen molar-refractivity contribution in [3.8, 4) is 0 Å². The third kappa shape index (κ3) is 5.17. The molecule has 0 N–H and O–H groups in total. The van der Waals surface area contributed by atoms with Crippen molar-refractivity contribution in [2.24, 2.45) is 0 Å². The maximum absolute atomic E-state index is 5.34. The highest BCUT2D eigenvalue weighted by atomic mass is 79.9. The van der Waals surface area contributed by atoms with Crippen LogP contribution in [0.5, 0.6) is 0 Å². The van der Waals surface area contributed by atoms with Crippen molar-refractivity contribution in [2.45, 2.75) is 25.0 Å². The van der Waals surface area contributed by atoms with E-state index in [1.165, 1.54) is 0 Å². The average Bonchev–Trinajstić information content (AvgIpc) is 2.03. The molecule has 0 saturated carbocycles. The van der Waals surface area contributed by atoms with Gasteiger partial charge in [-0.15, -0.1) is 0 Å². The lowest BCUT2D eigenvalue weighted by atomic mass is 10.5. The molecule has 68 valence electrons. The van der Waals surface area contributed by atoms with Crippen LogP contribution >= 0.6 is 31.9 Å². The predicted molar refractivity (Wildman–Crippen MR) is 53.5 cm³/mol. The Balaban J connectivity index is 3.66. The van der Waals surface area contributed by atoms with Crippen LogP contribution in [0.2, 0.25) is 0 Å². The van der Waals surface area contributed by atoms with Crippen molar-refractivity contribution < 1.29 is 9.47 Å². The van der Waals surface area contributed by atoms with Crippen molar-refractivity contribution in [1.82, 2.24) is 0 Å². The molecule has 4 heteroatoms.